The summed E-state index contributed by atoms with van der Waals surface area (Å²) in [6.07, 6.45) is 18.3. The van der Waals surface area contributed by atoms with E-state index in [1.165, 1.54) is 46.2 Å². The fourth-order valence-corrected chi connectivity index (χ4v) is 1.38. The number of terminal acetylenes is 1. The van der Waals surface area contributed by atoms with E-state index in [0.717, 1.165) is 19.1 Å². The van der Waals surface area contributed by atoms with Gasteiger partial charge in [-0.05, 0) is 33.4 Å². The molecule has 0 atom stereocenters. The van der Waals surface area contributed by atoms with Crippen LogP contribution in [0.4, 0.5) is 0 Å². The van der Waals surface area contributed by atoms with Crippen molar-refractivity contribution in [2.24, 2.45) is 5.73 Å². The van der Waals surface area contributed by atoms with Crippen molar-refractivity contribution in [3.8, 4) is 12.8 Å². The number of nitrogens with two attached hydrogens (primary N) is 1. The highest BCUT2D eigenvalue weighted by Gasteiger charge is 1.98. The number of aldehydes is 1. The van der Waals surface area contributed by atoms with Crippen LogP contribution in [-0.4, -0.2) is 31.6 Å². The van der Waals surface area contributed by atoms with Crippen molar-refractivity contribution in [1.82, 2.24) is 5.32 Å². The molecule has 5 nitrogen and oxygen atoms in total. The SMILES string of the molecule is C#C.CC=O.CCCCCCCC(=O)NC/C=C\C(C)=O.CN. The summed E-state index contributed by atoms with van der Waals surface area (Å²) in [5.74, 6) is 0.0820. The van der Waals surface area contributed by atoms with Crippen LogP contribution in [0.1, 0.15) is 59.3 Å². The van der Waals surface area contributed by atoms with E-state index < -0.39 is 0 Å². The zero-order valence-electron chi connectivity index (χ0n) is 15.1. The molecule has 5 heteroatoms. The van der Waals surface area contributed by atoms with Gasteiger partial charge in [-0.2, -0.15) is 0 Å². The molecule has 0 aliphatic heterocycles. The average molecular weight is 326 g/mol. The fraction of sp³-hybridized carbons (Fsp3) is 0.611. The van der Waals surface area contributed by atoms with Crippen molar-refractivity contribution in [3.63, 3.8) is 0 Å². The van der Waals surface area contributed by atoms with Gasteiger partial charge in [-0.25, -0.2) is 0 Å². The molecule has 1 amide bonds. The molecule has 3 N–H and O–H groups in total. The van der Waals surface area contributed by atoms with Crippen molar-refractivity contribution in [3.05, 3.63) is 12.2 Å². The van der Waals surface area contributed by atoms with Crippen LogP contribution >= 0.6 is 0 Å². The van der Waals surface area contributed by atoms with E-state index in [4.69, 9.17) is 4.79 Å². The van der Waals surface area contributed by atoms with Crippen LogP contribution in [0, 0.1) is 12.8 Å². The lowest BCUT2D eigenvalue weighted by Gasteiger charge is -2.01. The fourth-order valence-electron chi connectivity index (χ4n) is 1.38. The molecule has 23 heavy (non-hydrogen) atoms. The first-order chi connectivity index (χ1) is 11.1. The minimum absolute atomic E-state index is 0.00816. The van der Waals surface area contributed by atoms with Gasteiger partial charge >= 0.3 is 0 Å². The Morgan fingerprint density at radius 2 is 1.57 bits per heavy atom. The number of nitrogens with one attached hydrogen (secondary N) is 1. The Morgan fingerprint density at radius 1 is 1.09 bits per heavy atom. The lowest BCUT2D eigenvalue weighted by Crippen LogP contribution is -2.22. The number of carbonyl (C=O) groups is 3. The quantitative estimate of drug-likeness (QED) is 0.295. The Morgan fingerprint density at radius 3 is 2.00 bits per heavy atom. The molecular weight excluding hydrogens is 292 g/mol. The van der Waals surface area contributed by atoms with Crippen molar-refractivity contribution in [2.45, 2.75) is 59.3 Å². The first-order valence-electron chi connectivity index (χ1n) is 7.83. The Balaban J connectivity index is -0.000000222. The molecular formula is C18H34N2O3. The lowest BCUT2D eigenvalue weighted by molar-refractivity contribution is -0.121. The molecule has 0 rings (SSSR count). The second-order valence-electron chi connectivity index (χ2n) is 4.22. The molecule has 0 aliphatic rings. The molecule has 0 aromatic carbocycles. The monoisotopic (exact) mass is 326 g/mol. The molecule has 0 heterocycles. The molecule has 0 radical (unpaired) electrons. The van der Waals surface area contributed by atoms with E-state index in [-0.39, 0.29) is 11.7 Å². The molecule has 0 saturated heterocycles. The highest BCUT2D eigenvalue weighted by molar-refractivity contribution is 5.87. The number of amides is 1. The molecule has 0 aliphatic carbocycles. The molecule has 0 spiro atoms. The normalized spacial score (nSPS) is 8.30. The maximum atomic E-state index is 11.3. The third-order valence-electron chi connectivity index (χ3n) is 2.28. The van der Waals surface area contributed by atoms with E-state index in [0.29, 0.717) is 13.0 Å². The van der Waals surface area contributed by atoms with Gasteiger partial charge in [-0.1, -0.05) is 38.7 Å². The van der Waals surface area contributed by atoms with Gasteiger partial charge in [-0.3, -0.25) is 9.59 Å². The van der Waals surface area contributed by atoms with E-state index in [2.05, 4.69) is 30.8 Å². The second-order valence-corrected chi connectivity index (χ2v) is 4.22. The summed E-state index contributed by atoms with van der Waals surface area (Å²) in [6.45, 7) is 5.56. The van der Waals surface area contributed by atoms with Crippen LogP contribution in [0.5, 0.6) is 0 Å². The molecule has 0 aromatic rings. The first-order valence-corrected chi connectivity index (χ1v) is 7.83. The van der Waals surface area contributed by atoms with E-state index in [1.54, 1.807) is 6.08 Å². The number of allylic oxidation sites excluding steroid dienone is 1. The average Bonchev–Trinajstić information content (AvgIpc) is 2.56. The molecule has 0 bridgehead atoms. The van der Waals surface area contributed by atoms with E-state index in [9.17, 15) is 9.59 Å². The standard InChI is InChI=1S/C13H23NO2.C2H4O.C2H2.CH5N/c1-3-4-5-6-7-10-13(16)14-11-8-9-12(2)15;1-2-3;2*1-2/h8-9H,3-7,10-11H2,1-2H3,(H,14,16);2H,1H3;1-2H;2H2,1H3/b9-8-;;;. The first kappa shape index (κ1) is 29.1. The van der Waals surface area contributed by atoms with Gasteiger partial charge in [0.15, 0.2) is 5.78 Å². The van der Waals surface area contributed by atoms with Crippen LogP contribution in [0.2, 0.25) is 0 Å². The third-order valence-corrected chi connectivity index (χ3v) is 2.28. The Bertz CT molecular complexity index is 311. The molecule has 0 aromatic heterocycles. The molecule has 0 saturated carbocycles. The van der Waals surface area contributed by atoms with Gasteiger partial charge < -0.3 is 15.8 Å². The Labute approximate surface area is 142 Å². The highest BCUT2D eigenvalue weighted by Crippen LogP contribution is 2.04. The summed E-state index contributed by atoms with van der Waals surface area (Å²) in [5.41, 5.74) is 4.50. The molecule has 0 fully saturated rings. The van der Waals surface area contributed by atoms with E-state index >= 15 is 0 Å². The summed E-state index contributed by atoms with van der Waals surface area (Å²) in [7, 11) is 1.50. The van der Waals surface area contributed by atoms with Gasteiger partial charge in [0, 0.05) is 13.0 Å². The summed E-state index contributed by atoms with van der Waals surface area (Å²) in [5, 5.41) is 2.75. The third kappa shape index (κ3) is 45.0. The minimum atomic E-state index is 0.00816. The maximum absolute atomic E-state index is 11.3. The van der Waals surface area contributed by atoms with Crippen LogP contribution in [0.3, 0.4) is 0 Å². The van der Waals surface area contributed by atoms with Gasteiger partial charge in [0.2, 0.25) is 5.91 Å². The predicted octanol–water partition coefficient (Wildman–Crippen LogP) is 2.64. The maximum Gasteiger partial charge on any atom is 0.220 e. The number of carbonyl (C=O) groups excluding carboxylic acids is 3. The topological polar surface area (TPSA) is 89.3 Å². The van der Waals surface area contributed by atoms with Crippen LogP contribution < -0.4 is 11.1 Å². The number of rotatable bonds is 9. The zero-order valence-corrected chi connectivity index (χ0v) is 15.1. The van der Waals surface area contributed by atoms with Crippen molar-refractivity contribution < 1.29 is 14.4 Å². The largest absolute Gasteiger partial charge is 0.353 e. The van der Waals surface area contributed by atoms with Gasteiger partial charge in [0.05, 0.1) is 0 Å². The lowest BCUT2D eigenvalue weighted by atomic mass is 10.1. The van der Waals surface area contributed by atoms with Crippen LogP contribution in [0.15, 0.2) is 12.2 Å². The van der Waals surface area contributed by atoms with Crippen LogP contribution in [-0.2, 0) is 14.4 Å². The summed E-state index contributed by atoms with van der Waals surface area (Å²) < 4.78 is 0. The number of unbranched alkanes of at least 4 members (excludes halogenated alkanes) is 4. The van der Waals surface area contributed by atoms with Gasteiger partial charge in [0.1, 0.15) is 6.29 Å². The van der Waals surface area contributed by atoms with Crippen LogP contribution in [0.25, 0.3) is 0 Å². The van der Waals surface area contributed by atoms with Crippen molar-refractivity contribution >= 4 is 18.0 Å². The van der Waals surface area contributed by atoms with Gasteiger partial charge in [0.25, 0.3) is 0 Å². The second kappa shape index (κ2) is 32.1. The highest BCUT2D eigenvalue weighted by atomic mass is 16.1. The molecule has 0 unspecified atom stereocenters. The zero-order chi connectivity index (χ0) is 18.9. The smallest absolute Gasteiger partial charge is 0.220 e. The van der Waals surface area contributed by atoms with Crippen molar-refractivity contribution in [1.29, 1.82) is 0 Å². The Hall–Kier alpha value is -1.93. The molecule has 134 valence electrons. The number of ketones is 1. The van der Waals surface area contributed by atoms with Crippen molar-refractivity contribution in [2.75, 3.05) is 13.6 Å². The minimum Gasteiger partial charge on any atom is -0.353 e. The van der Waals surface area contributed by atoms with E-state index in [1.807, 2.05) is 0 Å². The summed E-state index contributed by atoms with van der Waals surface area (Å²) >= 11 is 0. The summed E-state index contributed by atoms with van der Waals surface area (Å²) in [6, 6.07) is 0. The predicted molar refractivity (Wildman–Crippen MR) is 97.9 cm³/mol. The number of hydrogen-bond acceptors (Lipinski definition) is 4. The number of hydrogen-bond donors (Lipinski definition) is 2. The van der Waals surface area contributed by atoms with Gasteiger partial charge in [-0.15, -0.1) is 12.8 Å². The summed E-state index contributed by atoms with van der Waals surface area (Å²) in [4.78, 5) is 30.7. The Kier molecular flexibility index (Phi) is 40.7.